The minimum atomic E-state index is -1.12. The Kier molecular flexibility index (Phi) is 3.50. The Morgan fingerprint density at radius 3 is 2.84 bits per heavy atom. The van der Waals surface area contributed by atoms with Gasteiger partial charge >= 0.3 is 5.97 Å². The number of fused-ring (bicyclic) bond motifs is 1. The molecule has 5 nitrogen and oxygen atoms in total. The molecule has 2 rings (SSSR count). The molecule has 100 valence electrons. The van der Waals surface area contributed by atoms with Gasteiger partial charge in [0, 0.05) is 30.4 Å². The van der Waals surface area contributed by atoms with Gasteiger partial charge in [-0.05, 0) is 23.8 Å². The van der Waals surface area contributed by atoms with Crippen LogP contribution in [-0.2, 0) is 16.0 Å². The summed E-state index contributed by atoms with van der Waals surface area (Å²) in [6.07, 6.45) is 1.72. The summed E-state index contributed by atoms with van der Waals surface area (Å²) in [5.41, 5.74) is 1.37. The second kappa shape index (κ2) is 5.09. The number of carbonyl (C=O) groups is 2. The number of hydrogen-bond acceptors (Lipinski definition) is 2. The maximum absolute atomic E-state index is 13.2. The number of carboxylic acids is 1. The number of halogens is 1. The van der Waals surface area contributed by atoms with Crippen molar-refractivity contribution >= 4 is 22.8 Å². The topological polar surface area (TPSA) is 82.2 Å². The molecule has 1 amide bonds. The highest BCUT2D eigenvalue weighted by Crippen LogP contribution is 2.20. The average Bonchev–Trinajstić information content (AvgIpc) is 2.70. The molecule has 0 aliphatic carbocycles. The van der Waals surface area contributed by atoms with E-state index in [0.717, 1.165) is 5.52 Å². The lowest BCUT2D eigenvalue weighted by Gasteiger charge is -2.12. The van der Waals surface area contributed by atoms with Crippen molar-refractivity contribution in [2.75, 3.05) is 0 Å². The van der Waals surface area contributed by atoms with Crippen LogP contribution in [0.2, 0.25) is 0 Å². The Balaban J connectivity index is 2.31. The van der Waals surface area contributed by atoms with Gasteiger partial charge < -0.3 is 15.4 Å². The van der Waals surface area contributed by atoms with E-state index in [4.69, 9.17) is 5.11 Å². The molecule has 0 aliphatic rings. The van der Waals surface area contributed by atoms with Gasteiger partial charge in [0.05, 0.1) is 0 Å². The zero-order valence-corrected chi connectivity index (χ0v) is 10.2. The minimum absolute atomic E-state index is 0.0956. The number of carboxylic acid groups (broad SMARTS) is 1. The van der Waals surface area contributed by atoms with Gasteiger partial charge in [-0.15, -0.1) is 0 Å². The van der Waals surface area contributed by atoms with E-state index in [1.807, 2.05) is 0 Å². The molecular weight excluding hydrogens is 251 g/mol. The average molecular weight is 264 g/mol. The van der Waals surface area contributed by atoms with Crippen LogP contribution in [0.5, 0.6) is 0 Å². The number of aliphatic carboxylic acids is 1. The van der Waals surface area contributed by atoms with Gasteiger partial charge in [0.25, 0.3) is 0 Å². The van der Waals surface area contributed by atoms with E-state index in [0.29, 0.717) is 10.9 Å². The number of hydrogen-bond donors (Lipinski definition) is 3. The first kappa shape index (κ1) is 13.1. The molecule has 1 atom stereocenters. The maximum Gasteiger partial charge on any atom is 0.326 e. The van der Waals surface area contributed by atoms with Crippen molar-refractivity contribution in [3.63, 3.8) is 0 Å². The zero-order valence-electron chi connectivity index (χ0n) is 10.2. The second-order valence-corrected chi connectivity index (χ2v) is 4.30. The van der Waals surface area contributed by atoms with Crippen molar-refractivity contribution in [3.8, 4) is 0 Å². The van der Waals surface area contributed by atoms with Gasteiger partial charge in [0.2, 0.25) is 5.91 Å². The summed E-state index contributed by atoms with van der Waals surface area (Å²) >= 11 is 0. The van der Waals surface area contributed by atoms with Crippen LogP contribution in [-0.4, -0.2) is 28.0 Å². The van der Waals surface area contributed by atoms with Gasteiger partial charge in [-0.2, -0.15) is 0 Å². The lowest BCUT2D eigenvalue weighted by Crippen LogP contribution is -2.41. The maximum atomic E-state index is 13.2. The van der Waals surface area contributed by atoms with Crippen molar-refractivity contribution in [3.05, 3.63) is 35.8 Å². The zero-order chi connectivity index (χ0) is 14.0. The SMILES string of the molecule is CC(=O)N[C@H](Cc1c[nH]c2ccc(F)cc12)C(=O)O. The van der Waals surface area contributed by atoms with E-state index in [-0.39, 0.29) is 12.2 Å². The Labute approximate surface area is 108 Å². The fourth-order valence-corrected chi connectivity index (χ4v) is 1.98. The lowest BCUT2D eigenvalue weighted by atomic mass is 10.0. The lowest BCUT2D eigenvalue weighted by molar-refractivity contribution is -0.141. The molecule has 0 saturated heterocycles. The molecule has 0 fully saturated rings. The van der Waals surface area contributed by atoms with Gasteiger partial charge in [-0.25, -0.2) is 9.18 Å². The molecule has 0 unspecified atom stereocenters. The summed E-state index contributed by atoms with van der Waals surface area (Å²) in [4.78, 5) is 25.0. The van der Waals surface area contributed by atoms with Gasteiger partial charge in [0.1, 0.15) is 11.9 Å². The Morgan fingerprint density at radius 1 is 1.47 bits per heavy atom. The standard InChI is InChI=1S/C13H13FN2O3/c1-7(17)16-12(13(18)19)4-8-6-15-11-3-2-9(14)5-10(8)11/h2-3,5-6,12,15H,4H2,1H3,(H,16,17)(H,18,19)/t12-/m1/s1. The number of nitrogens with one attached hydrogen (secondary N) is 2. The molecule has 2 aromatic rings. The molecule has 6 heteroatoms. The molecule has 0 aliphatic heterocycles. The third kappa shape index (κ3) is 2.90. The summed E-state index contributed by atoms with van der Waals surface area (Å²) in [7, 11) is 0. The Morgan fingerprint density at radius 2 is 2.21 bits per heavy atom. The van der Waals surface area contributed by atoms with Crippen LogP contribution in [0.1, 0.15) is 12.5 Å². The molecule has 0 spiro atoms. The molecule has 0 saturated carbocycles. The van der Waals surface area contributed by atoms with E-state index in [1.165, 1.54) is 19.1 Å². The highest BCUT2D eigenvalue weighted by molar-refractivity contribution is 5.86. The molecule has 0 bridgehead atoms. The number of rotatable bonds is 4. The number of H-pyrrole nitrogens is 1. The fraction of sp³-hybridized carbons (Fsp3) is 0.231. The smallest absolute Gasteiger partial charge is 0.326 e. The molecule has 0 radical (unpaired) electrons. The Hall–Kier alpha value is -2.37. The van der Waals surface area contributed by atoms with E-state index < -0.39 is 17.9 Å². The normalized spacial score (nSPS) is 12.3. The molecule has 1 aromatic heterocycles. The van der Waals surface area contributed by atoms with Crippen molar-refractivity contribution < 1.29 is 19.1 Å². The van der Waals surface area contributed by atoms with Crippen LogP contribution in [0.15, 0.2) is 24.4 Å². The number of carbonyl (C=O) groups excluding carboxylic acids is 1. The monoisotopic (exact) mass is 264 g/mol. The van der Waals surface area contributed by atoms with E-state index >= 15 is 0 Å². The van der Waals surface area contributed by atoms with Crippen molar-refractivity contribution in [1.29, 1.82) is 0 Å². The summed E-state index contributed by atoms with van der Waals surface area (Å²) in [5.74, 6) is -1.93. The first-order valence-corrected chi connectivity index (χ1v) is 5.73. The summed E-state index contributed by atoms with van der Waals surface area (Å²) in [6.45, 7) is 1.25. The number of aromatic amines is 1. The minimum Gasteiger partial charge on any atom is -0.480 e. The van der Waals surface area contributed by atoms with Crippen LogP contribution >= 0.6 is 0 Å². The summed E-state index contributed by atoms with van der Waals surface area (Å²) in [6, 6.07) is 3.22. The van der Waals surface area contributed by atoms with Crippen LogP contribution in [0.3, 0.4) is 0 Å². The van der Waals surface area contributed by atoms with Crippen LogP contribution < -0.4 is 5.32 Å². The number of benzene rings is 1. The molecule has 3 N–H and O–H groups in total. The third-order valence-corrected chi connectivity index (χ3v) is 2.83. The fourth-order valence-electron chi connectivity index (χ4n) is 1.98. The van der Waals surface area contributed by atoms with Crippen LogP contribution in [0.4, 0.5) is 4.39 Å². The van der Waals surface area contributed by atoms with Gasteiger partial charge in [0.15, 0.2) is 0 Å². The van der Waals surface area contributed by atoms with E-state index in [2.05, 4.69) is 10.3 Å². The number of aromatic nitrogens is 1. The second-order valence-electron chi connectivity index (χ2n) is 4.30. The van der Waals surface area contributed by atoms with E-state index in [1.54, 1.807) is 12.3 Å². The van der Waals surface area contributed by atoms with Gasteiger partial charge in [-0.3, -0.25) is 4.79 Å². The quantitative estimate of drug-likeness (QED) is 0.781. The summed E-state index contributed by atoms with van der Waals surface area (Å²) < 4.78 is 13.2. The van der Waals surface area contributed by atoms with Crippen LogP contribution in [0.25, 0.3) is 10.9 Å². The predicted octanol–water partition coefficient (Wildman–Crippen LogP) is 1.44. The highest BCUT2D eigenvalue weighted by atomic mass is 19.1. The van der Waals surface area contributed by atoms with Crippen LogP contribution in [0, 0.1) is 5.82 Å². The molecule has 1 heterocycles. The first-order valence-electron chi connectivity index (χ1n) is 5.73. The van der Waals surface area contributed by atoms with Crippen molar-refractivity contribution in [2.45, 2.75) is 19.4 Å². The third-order valence-electron chi connectivity index (χ3n) is 2.83. The predicted molar refractivity (Wildman–Crippen MR) is 67.2 cm³/mol. The molecule has 1 aromatic carbocycles. The molecular formula is C13H13FN2O3. The van der Waals surface area contributed by atoms with E-state index in [9.17, 15) is 14.0 Å². The number of amides is 1. The van der Waals surface area contributed by atoms with Crippen molar-refractivity contribution in [2.24, 2.45) is 0 Å². The highest BCUT2D eigenvalue weighted by Gasteiger charge is 2.20. The van der Waals surface area contributed by atoms with Crippen molar-refractivity contribution in [1.82, 2.24) is 10.3 Å². The van der Waals surface area contributed by atoms with Gasteiger partial charge in [-0.1, -0.05) is 0 Å². The first-order chi connectivity index (χ1) is 8.97. The Bertz CT molecular complexity index is 636. The largest absolute Gasteiger partial charge is 0.480 e. The summed E-state index contributed by atoms with van der Waals surface area (Å²) in [5, 5.41) is 12.0. The molecule has 19 heavy (non-hydrogen) atoms.